The minimum Gasteiger partial charge on any atom is -0.394 e. The molecule has 1 heterocycles. The summed E-state index contributed by atoms with van der Waals surface area (Å²) in [5.74, 6) is -0.196. The maximum atomic E-state index is 12.9. The van der Waals surface area contributed by atoms with Crippen LogP contribution in [0.5, 0.6) is 0 Å². The molecule has 292 valence electrons. The summed E-state index contributed by atoms with van der Waals surface area (Å²) in [6, 6.07) is -0.828. The molecule has 0 aromatic rings. The third kappa shape index (κ3) is 22.4. The molecule has 50 heavy (non-hydrogen) atoms. The van der Waals surface area contributed by atoms with Crippen LogP contribution < -0.4 is 5.32 Å². The van der Waals surface area contributed by atoms with Crippen LogP contribution in [0.1, 0.15) is 162 Å². The third-order valence-electron chi connectivity index (χ3n) is 9.54. The number of ether oxygens (including phenoxy) is 2. The molecular formula is C41H75NO8. The van der Waals surface area contributed by atoms with Crippen molar-refractivity contribution in [1.82, 2.24) is 5.32 Å². The van der Waals surface area contributed by atoms with Gasteiger partial charge in [0.1, 0.15) is 24.4 Å². The van der Waals surface area contributed by atoms with Crippen molar-refractivity contribution in [3.63, 3.8) is 0 Å². The number of aliphatic hydroxyl groups is 5. The summed E-state index contributed by atoms with van der Waals surface area (Å²) in [4.78, 5) is 12.9. The zero-order valence-electron chi connectivity index (χ0n) is 31.9. The van der Waals surface area contributed by atoms with E-state index in [-0.39, 0.29) is 12.5 Å². The highest BCUT2D eigenvalue weighted by atomic mass is 16.7. The predicted octanol–water partition coefficient (Wildman–Crippen LogP) is 7.33. The molecule has 1 rings (SSSR count). The molecule has 1 aliphatic heterocycles. The Morgan fingerprint density at radius 2 is 1.30 bits per heavy atom. The molecule has 1 saturated heterocycles. The molecule has 1 fully saturated rings. The number of aliphatic hydroxyl groups excluding tert-OH is 5. The van der Waals surface area contributed by atoms with Crippen LogP contribution in [-0.4, -0.2) is 87.5 Å². The van der Waals surface area contributed by atoms with Gasteiger partial charge in [-0.3, -0.25) is 4.79 Å². The van der Waals surface area contributed by atoms with E-state index in [1.54, 1.807) is 6.08 Å². The molecule has 0 aromatic heterocycles. The van der Waals surface area contributed by atoms with E-state index >= 15 is 0 Å². The van der Waals surface area contributed by atoms with Crippen molar-refractivity contribution < 1.29 is 39.8 Å². The van der Waals surface area contributed by atoms with Crippen molar-refractivity contribution in [1.29, 1.82) is 0 Å². The summed E-state index contributed by atoms with van der Waals surface area (Å²) in [5.41, 5.74) is 1.21. The Morgan fingerprint density at radius 1 is 0.740 bits per heavy atom. The molecule has 0 radical (unpaired) electrons. The second kappa shape index (κ2) is 31.0. The summed E-state index contributed by atoms with van der Waals surface area (Å²) in [6.45, 7) is 5.78. The van der Waals surface area contributed by atoms with Gasteiger partial charge in [-0.05, 0) is 39.0 Å². The third-order valence-corrected chi connectivity index (χ3v) is 9.54. The van der Waals surface area contributed by atoms with Crippen LogP contribution in [0, 0.1) is 0 Å². The smallest absolute Gasteiger partial charge is 0.220 e. The summed E-state index contributed by atoms with van der Waals surface area (Å²) >= 11 is 0. The van der Waals surface area contributed by atoms with Crippen LogP contribution in [-0.2, 0) is 14.3 Å². The lowest BCUT2D eigenvalue weighted by molar-refractivity contribution is -0.302. The second-order valence-corrected chi connectivity index (χ2v) is 14.2. The Bertz CT molecular complexity index is 907. The summed E-state index contributed by atoms with van der Waals surface area (Å²) in [7, 11) is 0. The van der Waals surface area contributed by atoms with Crippen LogP contribution in [0.4, 0.5) is 0 Å². The van der Waals surface area contributed by atoms with E-state index in [1.807, 2.05) is 6.08 Å². The van der Waals surface area contributed by atoms with Gasteiger partial charge >= 0.3 is 0 Å². The Morgan fingerprint density at radius 3 is 1.88 bits per heavy atom. The molecule has 7 atom stereocenters. The van der Waals surface area contributed by atoms with E-state index in [1.165, 1.54) is 102 Å². The number of nitrogens with one attached hydrogen (secondary N) is 1. The molecule has 6 N–H and O–H groups in total. The fourth-order valence-corrected chi connectivity index (χ4v) is 6.19. The molecule has 9 heteroatoms. The zero-order chi connectivity index (χ0) is 36.8. The average Bonchev–Trinajstić information content (AvgIpc) is 3.11. The van der Waals surface area contributed by atoms with Gasteiger partial charge in [-0.1, -0.05) is 153 Å². The average molecular weight is 710 g/mol. The molecule has 0 spiro atoms. The van der Waals surface area contributed by atoms with E-state index in [0.717, 1.165) is 32.1 Å². The number of hydrogen-bond donors (Lipinski definition) is 6. The summed E-state index contributed by atoms with van der Waals surface area (Å²) in [6.07, 6.45) is 27.2. The lowest BCUT2D eigenvalue weighted by Crippen LogP contribution is -2.60. The molecular weight excluding hydrogens is 634 g/mol. The van der Waals surface area contributed by atoms with Gasteiger partial charge in [0.15, 0.2) is 6.29 Å². The Hall–Kier alpha value is -1.59. The van der Waals surface area contributed by atoms with Crippen LogP contribution in [0.25, 0.3) is 0 Å². The maximum Gasteiger partial charge on any atom is 0.220 e. The highest BCUT2D eigenvalue weighted by Gasteiger charge is 2.44. The van der Waals surface area contributed by atoms with Gasteiger partial charge in [0, 0.05) is 6.42 Å². The van der Waals surface area contributed by atoms with Crippen molar-refractivity contribution in [3.8, 4) is 0 Å². The highest BCUT2D eigenvalue weighted by Crippen LogP contribution is 2.22. The standard InChI is InChI=1S/C41H75NO8/c1-4-6-8-10-12-13-14-15-16-17-19-21-26-30-37(45)42-34(32-49-41-40(48)39(47)38(46)36(31-43)50-41)35(44)29-25-22-24-28-33(3)27-23-20-18-11-9-7-5-2/h23,25,27-29,34-36,38-41,43-44,46-48H,4-22,24,26,30-32H2,1-3H3,(H,42,45)/b27-23+,29-25+,33-28+/t34-,35+,36-,38-,39+,40-,41+/m0/s1. The van der Waals surface area contributed by atoms with Gasteiger partial charge in [0.05, 0.1) is 25.4 Å². The molecule has 1 amide bonds. The fraction of sp³-hybridized carbons (Fsp3) is 0.829. The summed E-state index contributed by atoms with van der Waals surface area (Å²) in [5, 5.41) is 54.0. The zero-order valence-corrected chi connectivity index (χ0v) is 31.9. The van der Waals surface area contributed by atoms with Gasteiger partial charge in [-0.15, -0.1) is 0 Å². The van der Waals surface area contributed by atoms with Gasteiger partial charge in [-0.25, -0.2) is 0 Å². The molecule has 0 aliphatic carbocycles. The molecule has 1 aliphatic rings. The first-order valence-corrected chi connectivity index (χ1v) is 20.1. The normalized spacial score (nSPS) is 22.8. The largest absolute Gasteiger partial charge is 0.394 e. The summed E-state index contributed by atoms with van der Waals surface area (Å²) < 4.78 is 11.2. The van der Waals surface area contributed by atoms with E-state index in [4.69, 9.17) is 9.47 Å². The topological polar surface area (TPSA) is 149 Å². The monoisotopic (exact) mass is 710 g/mol. The van der Waals surface area contributed by atoms with E-state index in [0.29, 0.717) is 12.8 Å². The number of amides is 1. The van der Waals surface area contributed by atoms with E-state index in [2.05, 4.69) is 44.3 Å². The van der Waals surface area contributed by atoms with E-state index in [9.17, 15) is 30.3 Å². The van der Waals surface area contributed by atoms with Crippen molar-refractivity contribution in [2.45, 2.75) is 205 Å². The number of hydrogen-bond acceptors (Lipinski definition) is 8. The van der Waals surface area contributed by atoms with Crippen molar-refractivity contribution in [2.75, 3.05) is 13.2 Å². The fourth-order valence-electron chi connectivity index (χ4n) is 6.19. The first-order chi connectivity index (χ1) is 24.2. The van der Waals surface area contributed by atoms with Gasteiger partial charge in [-0.2, -0.15) is 0 Å². The first kappa shape index (κ1) is 46.4. The highest BCUT2D eigenvalue weighted by molar-refractivity contribution is 5.76. The Labute approximate surface area is 304 Å². The van der Waals surface area contributed by atoms with Crippen LogP contribution in [0.2, 0.25) is 0 Å². The van der Waals surface area contributed by atoms with Gasteiger partial charge in [0.25, 0.3) is 0 Å². The van der Waals surface area contributed by atoms with E-state index < -0.39 is 49.5 Å². The Balaban J connectivity index is 2.54. The SMILES string of the molecule is CCCCCCC/C=C/C(C)=C/CC/C=C/[C@@H](O)[C@H](CO[C@@H]1O[C@@H](CO)[C@H](O)[C@@H](O)[C@@H]1O)NC(=O)CCCCCCCCCCCCCCC. The van der Waals surface area contributed by atoms with Crippen LogP contribution >= 0.6 is 0 Å². The molecule has 0 aromatic carbocycles. The number of rotatable bonds is 31. The lowest BCUT2D eigenvalue weighted by Gasteiger charge is -2.40. The van der Waals surface area contributed by atoms with Crippen LogP contribution in [0.15, 0.2) is 36.0 Å². The molecule has 9 nitrogen and oxygen atoms in total. The Kier molecular flexibility index (Phi) is 28.8. The number of carbonyl (C=O) groups is 1. The predicted molar refractivity (Wildman–Crippen MR) is 203 cm³/mol. The van der Waals surface area contributed by atoms with Crippen LogP contribution in [0.3, 0.4) is 0 Å². The van der Waals surface area contributed by atoms with Crippen molar-refractivity contribution >= 4 is 5.91 Å². The number of unbranched alkanes of at least 4 members (excludes halogenated alkanes) is 18. The molecule has 0 saturated carbocycles. The van der Waals surface area contributed by atoms with Crippen molar-refractivity contribution in [3.05, 3.63) is 36.0 Å². The quantitative estimate of drug-likeness (QED) is 0.0249. The second-order valence-electron chi connectivity index (χ2n) is 14.2. The minimum atomic E-state index is -1.57. The van der Waals surface area contributed by atoms with Gasteiger partial charge < -0.3 is 40.3 Å². The maximum absolute atomic E-state index is 12.9. The lowest BCUT2D eigenvalue weighted by atomic mass is 9.99. The molecule has 0 bridgehead atoms. The number of carbonyl (C=O) groups excluding carboxylic acids is 1. The minimum absolute atomic E-state index is 0.196. The van der Waals surface area contributed by atoms with Crippen molar-refractivity contribution in [2.24, 2.45) is 0 Å². The molecule has 0 unspecified atom stereocenters. The first-order valence-electron chi connectivity index (χ1n) is 20.1. The van der Waals surface area contributed by atoms with Gasteiger partial charge in [0.2, 0.25) is 5.91 Å². The number of allylic oxidation sites excluding steroid dienone is 5.